The van der Waals surface area contributed by atoms with Gasteiger partial charge in [-0.15, -0.1) is 0 Å². The molecule has 1 aliphatic carbocycles. The van der Waals surface area contributed by atoms with Crippen LogP contribution < -0.4 is 5.32 Å². The monoisotopic (exact) mass is 556 g/mol. The maximum absolute atomic E-state index is 12.5. The largest absolute Gasteiger partial charge is 0.389 e. The van der Waals surface area contributed by atoms with E-state index in [0.29, 0.717) is 24.8 Å². The van der Waals surface area contributed by atoms with Crippen LogP contribution in [0.1, 0.15) is 76.3 Å². The SMILES string of the molecule is C[C@H](CCCCC(F)(F)F)Nc1ncc2c(-c3ccc(CN4CCN(C)CC4)cc3)cn(C3CCCCC3)c2n1. The van der Waals surface area contributed by atoms with Gasteiger partial charge in [-0.2, -0.15) is 18.2 Å². The number of unbranched alkanes of at least 4 members (excludes halogenated alkanes) is 1. The number of anilines is 1. The summed E-state index contributed by atoms with van der Waals surface area (Å²) in [5, 5.41) is 4.38. The summed E-state index contributed by atoms with van der Waals surface area (Å²) in [6.07, 6.45) is 6.71. The molecule has 1 N–H and O–H groups in total. The Balaban J connectivity index is 1.33. The molecular formula is C31H43F3N6. The lowest BCUT2D eigenvalue weighted by atomic mass is 9.95. The first-order chi connectivity index (χ1) is 19.2. The summed E-state index contributed by atoms with van der Waals surface area (Å²) in [4.78, 5) is 14.5. The highest BCUT2D eigenvalue weighted by atomic mass is 19.4. The maximum Gasteiger partial charge on any atom is 0.389 e. The van der Waals surface area contributed by atoms with E-state index in [4.69, 9.17) is 4.98 Å². The van der Waals surface area contributed by atoms with Crippen LogP contribution in [0.4, 0.5) is 19.1 Å². The van der Waals surface area contributed by atoms with Crippen molar-refractivity contribution in [3.05, 3.63) is 42.2 Å². The Morgan fingerprint density at radius 3 is 2.42 bits per heavy atom. The van der Waals surface area contributed by atoms with Gasteiger partial charge in [-0.05, 0) is 50.8 Å². The predicted molar refractivity (Wildman–Crippen MR) is 155 cm³/mol. The second kappa shape index (κ2) is 12.9. The summed E-state index contributed by atoms with van der Waals surface area (Å²) in [7, 11) is 2.18. The van der Waals surface area contributed by atoms with Crippen LogP contribution >= 0.6 is 0 Å². The van der Waals surface area contributed by atoms with Crippen molar-refractivity contribution < 1.29 is 13.2 Å². The van der Waals surface area contributed by atoms with E-state index >= 15 is 0 Å². The molecule has 2 aromatic heterocycles. The normalized spacial score (nSPS) is 18.8. The van der Waals surface area contributed by atoms with Gasteiger partial charge in [0.25, 0.3) is 0 Å². The van der Waals surface area contributed by atoms with Crippen molar-refractivity contribution in [2.24, 2.45) is 0 Å². The van der Waals surface area contributed by atoms with E-state index in [0.717, 1.165) is 62.2 Å². The number of aromatic nitrogens is 3. The van der Waals surface area contributed by atoms with Crippen molar-refractivity contribution in [2.45, 2.75) is 89.5 Å². The smallest absolute Gasteiger partial charge is 0.352 e. The Morgan fingerprint density at radius 2 is 1.73 bits per heavy atom. The zero-order chi connectivity index (χ0) is 28.1. The number of fused-ring (bicyclic) bond motifs is 1. The molecule has 1 saturated heterocycles. The lowest BCUT2D eigenvalue weighted by Crippen LogP contribution is -2.43. The third-order valence-corrected chi connectivity index (χ3v) is 8.53. The van der Waals surface area contributed by atoms with Crippen LogP contribution in [0.25, 0.3) is 22.2 Å². The van der Waals surface area contributed by atoms with E-state index in [1.807, 2.05) is 13.1 Å². The van der Waals surface area contributed by atoms with Crippen molar-refractivity contribution in [1.82, 2.24) is 24.3 Å². The zero-order valence-electron chi connectivity index (χ0n) is 23.9. The number of nitrogens with zero attached hydrogens (tertiary/aromatic N) is 5. The van der Waals surface area contributed by atoms with Crippen molar-refractivity contribution in [3.8, 4) is 11.1 Å². The summed E-state index contributed by atoms with van der Waals surface area (Å²) >= 11 is 0. The number of benzene rings is 1. The van der Waals surface area contributed by atoms with Gasteiger partial charge in [0.1, 0.15) is 5.65 Å². The highest BCUT2D eigenvalue weighted by Gasteiger charge is 2.26. The van der Waals surface area contributed by atoms with Gasteiger partial charge in [-0.25, -0.2) is 4.98 Å². The summed E-state index contributed by atoms with van der Waals surface area (Å²) in [5.74, 6) is 0.542. The third-order valence-electron chi connectivity index (χ3n) is 8.53. The molecule has 0 spiro atoms. The van der Waals surface area contributed by atoms with Gasteiger partial charge in [0.2, 0.25) is 5.95 Å². The molecular weight excluding hydrogens is 513 g/mol. The molecule has 2 fully saturated rings. The highest BCUT2D eigenvalue weighted by molar-refractivity contribution is 5.94. The molecule has 40 heavy (non-hydrogen) atoms. The second-order valence-electron chi connectivity index (χ2n) is 11.9. The third kappa shape index (κ3) is 7.55. The lowest BCUT2D eigenvalue weighted by molar-refractivity contribution is -0.135. The molecule has 2 aliphatic rings. The van der Waals surface area contributed by atoms with Crippen molar-refractivity contribution in [3.63, 3.8) is 0 Å². The highest BCUT2D eigenvalue weighted by Crippen LogP contribution is 2.37. The molecule has 6 nitrogen and oxygen atoms in total. The van der Waals surface area contributed by atoms with Gasteiger partial charge in [0, 0.05) is 74.6 Å². The summed E-state index contributed by atoms with van der Waals surface area (Å²) < 4.78 is 39.8. The van der Waals surface area contributed by atoms with Crippen molar-refractivity contribution in [2.75, 3.05) is 38.5 Å². The first-order valence-corrected chi connectivity index (χ1v) is 15.0. The number of rotatable bonds is 10. The van der Waals surface area contributed by atoms with Crippen LogP contribution in [-0.4, -0.2) is 69.8 Å². The quantitative estimate of drug-likeness (QED) is 0.266. The fourth-order valence-corrected chi connectivity index (χ4v) is 6.09. The summed E-state index contributed by atoms with van der Waals surface area (Å²) in [6.45, 7) is 7.40. The summed E-state index contributed by atoms with van der Waals surface area (Å²) in [5.41, 5.74) is 4.59. The van der Waals surface area contributed by atoms with E-state index < -0.39 is 12.6 Å². The van der Waals surface area contributed by atoms with Gasteiger partial charge in [0.05, 0.1) is 0 Å². The fourth-order valence-electron chi connectivity index (χ4n) is 6.09. The zero-order valence-corrected chi connectivity index (χ0v) is 23.9. The number of hydrogen-bond donors (Lipinski definition) is 1. The molecule has 5 rings (SSSR count). The molecule has 0 radical (unpaired) electrons. The number of likely N-dealkylation sites (N-methyl/N-ethyl adjacent to an activating group) is 1. The average Bonchev–Trinajstić information content (AvgIpc) is 3.32. The Morgan fingerprint density at radius 1 is 1.00 bits per heavy atom. The number of hydrogen-bond acceptors (Lipinski definition) is 5. The Labute approximate surface area is 236 Å². The Kier molecular flexibility index (Phi) is 9.31. The Hall–Kier alpha value is -2.65. The van der Waals surface area contributed by atoms with Crippen LogP contribution in [-0.2, 0) is 6.54 Å². The number of piperazine rings is 1. The fraction of sp³-hybridized carbons (Fsp3) is 0.613. The van der Waals surface area contributed by atoms with E-state index in [-0.39, 0.29) is 12.5 Å². The molecule has 0 bridgehead atoms. The molecule has 1 aromatic carbocycles. The average molecular weight is 557 g/mol. The van der Waals surface area contributed by atoms with E-state index in [1.54, 1.807) is 0 Å². The molecule has 218 valence electrons. The second-order valence-corrected chi connectivity index (χ2v) is 11.9. The van der Waals surface area contributed by atoms with Gasteiger partial charge < -0.3 is 14.8 Å². The molecule has 1 saturated carbocycles. The van der Waals surface area contributed by atoms with E-state index in [2.05, 4.69) is 62.2 Å². The van der Waals surface area contributed by atoms with Gasteiger partial charge in [0.15, 0.2) is 0 Å². The minimum Gasteiger partial charge on any atom is -0.352 e. The van der Waals surface area contributed by atoms with Crippen molar-refractivity contribution >= 4 is 17.0 Å². The van der Waals surface area contributed by atoms with Crippen LogP contribution in [0.3, 0.4) is 0 Å². The molecule has 0 amide bonds. The standard InChI is InChI=1S/C31H43F3N6/c1-23(8-6-7-15-31(32,33)34)36-30-35-20-27-28(22-40(29(27)37-30)26-9-4-3-5-10-26)25-13-11-24(12-14-25)21-39-18-16-38(2)17-19-39/h11-14,20,22-23,26H,3-10,15-19,21H2,1-2H3,(H,35,36,37)/t23-/m1/s1. The first-order valence-electron chi connectivity index (χ1n) is 15.0. The van der Waals surface area contributed by atoms with E-state index in [9.17, 15) is 13.2 Å². The minimum atomic E-state index is -4.09. The van der Waals surface area contributed by atoms with Crippen LogP contribution in [0.5, 0.6) is 0 Å². The van der Waals surface area contributed by atoms with Crippen LogP contribution in [0.2, 0.25) is 0 Å². The molecule has 1 atom stereocenters. The maximum atomic E-state index is 12.5. The van der Waals surface area contributed by atoms with Gasteiger partial charge in [-0.1, -0.05) is 49.9 Å². The minimum absolute atomic E-state index is 0.00362. The molecule has 3 aromatic rings. The number of alkyl halides is 3. The van der Waals surface area contributed by atoms with Crippen LogP contribution in [0, 0.1) is 0 Å². The van der Waals surface area contributed by atoms with Crippen molar-refractivity contribution in [1.29, 1.82) is 0 Å². The van der Waals surface area contributed by atoms with Gasteiger partial charge >= 0.3 is 6.18 Å². The molecule has 3 heterocycles. The Bertz CT molecular complexity index is 1220. The summed E-state index contributed by atoms with van der Waals surface area (Å²) in [6, 6.07) is 9.35. The molecule has 1 aliphatic heterocycles. The van der Waals surface area contributed by atoms with Crippen LogP contribution in [0.15, 0.2) is 36.7 Å². The van der Waals surface area contributed by atoms with Gasteiger partial charge in [-0.3, -0.25) is 4.90 Å². The number of halogens is 3. The molecule has 0 unspecified atom stereocenters. The first kappa shape index (κ1) is 28.9. The lowest BCUT2D eigenvalue weighted by Gasteiger charge is -2.32. The van der Waals surface area contributed by atoms with E-state index in [1.165, 1.54) is 30.4 Å². The number of nitrogens with one attached hydrogen (secondary N) is 1. The molecule has 9 heteroatoms. The topological polar surface area (TPSA) is 49.2 Å². The predicted octanol–water partition coefficient (Wildman–Crippen LogP) is 7.27.